The number of aromatic nitrogens is 3. The van der Waals surface area contributed by atoms with Crippen molar-refractivity contribution in [3.8, 4) is 0 Å². The van der Waals surface area contributed by atoms with E-state index in [0.29, 0.717) is 18.3 Å². The van der Waals surface area contributed by atoms with Crippen molar-refractivity contribution in [2.75, 3.05) is 6.61 Å². The van der Waals surface area contributed by atoms with Crippen LogP contribution in [-0.4, -0.2) is 32.6 Å². The molecule has 0 aliphatic heterocycles. The molecule has 2 aromatic rings. The molecule has 1 atom stereocenters. The second kappa shape index (κ2) is 9.32. The van der Waals surface area contributed by atoms with Gasteiger partial charge in [0.05, 0.1) is 6.61 Å². The highest BCUT2D eigenvalue weighted by molar-refractivity contribution is 8.00. The summed E-state index contributed by atoms with van der Waals surface area (Å²) in [6, 6.07) is 9.94. The van der Waals surface area contributed by atoms with E-state index >= 15 is 0 Å². The Morgan fingerprint density at radius 2 is 2.12 bits per heavy atom. The van der Waals surface area contributed by atoms with E-state index in [1.807, 2.05) is 37.3 Å². The van der Waals surface area contributed by atoms with Crippen LogP contribution in [0.3, 0.4) is 0 Å². The largest absolute Gasteiger partial charge is 0.465 e. The van der Waals surface area contributed by atoms with Gasteiger partial charge in [0.25, 0.3) is 0 Å². The van der Waals surface area contributed by atoms with Gasteiger partial charge in [-0.05, 0) is 25.3 Å². The highest BCUT2D eigenvalue weighted by atomic mass is 32.2. The molecule has 0 aliphatic rings. The average Bonchev–Trinajstić information content (AvgIpc) is 2.93. The SMILES string of the molecule is CCCCOC(=O)C(C)Sc1n[nH]c(=O)n1CCc1ccccc1. The van der Waals surface area contributed by atoms with E-state index in [4.69, 9.17) is 4.74 Å². The summed E-state index contributed by atoms with van der Waals surface area (Å²) in [6.07, 6.45) is 2.56. The number of aryl methyl sites for hydroxylation is 1. The van der Waals surface area contributed by atoms with Gasteiger partial charge in [0.15, 0.2) is 5.16 Å². The Bertz CT molecular complexity index is 697. The minimum Gasteiger partial charge on any atom is -0.465 e. The predicted molar refractivity (Wildman–Crippen MR) is 94.2 cm³/mol. The van der Waals surface area contributed by atoms with Crippen LogP contribution in [0.5, 0.6) is 0 Å². The fourth-order valence-electron chi connectivity index (χ4n) is 2.12. The molecule has 0 bridgehead atoms. The van der Waals surface area contributed by atoms with E-state index in [2.05, 4.69) is 10.2 Å². The molecule has 0 aliphatic carbocycles. The fraction of sp³-hybridized carbons (Fsp3) is 0.471. The molecule has 0 fully saturated rings. The Labute approximate surface area is 145 Å². The van der Waals surface area contributed by atoms with E-state index in [1.54, 1.807) is 11.5 Å². The molecule has 1 aromatic heterocycles. The number of aromatic amines is 1. The third kappa shape index (κ3) is 5.26. The molecular formula is C17H23N3O3S. The van der Waals surface area contributed by atoms with Crippen molar-refractivity contribution in [3.63, 3.8) is 0 Å². The monoisotopic (exact) mass is 349 g/mol. The van der Waals surface area contributed by atoms with Crippen molar-refractivity contribution in [2.24, 2.45) is 0 Å². The zero-order valence-electron chi connectivity index (χ0n) is 14.0. The number of unbranched alkanes of at least 4 members (excludes halogenated alkanes) is 1. The molecule has 2 rings (SSSR count). The van der Waals surface area contributed by atoms with Gasteiger partial charge < -0.3 is 4.74 Å². The normalized spacial score (nSPS) is 12.1. The van der Waals surface area contributed by atoms with Crippen molar-refractivity contribution < 1.29 is 9.53 Å². The van der Waals surface area contributed by atoms with Crippen molar-refractivity contribution in [1.29, 1.82) is 0 Å². The molecule has 0 radical (unpaired) electrons. The van der Waals surface area contributed by atoms with Crippen LogP contribution < -0.4 is 5.69 Å². The first-order chi connectivity index (χ1) is 11.6. The van der Waals surface area contributed by atoms with Gasteiger partial charge >= 0.3 is 11.7 Å². The molecule has 1 aromatic carbocycles. The minimum atomic E-state index is -0.410. The van der Waals surface area contributed by atoms with Gasteiger partial charge in [0.2, 0.25) is 0 Å². The summed E-state index contributed by atoms with van der Waals surface area (Å²) in [5, 5.41) is 6.58. The van der Waals surface area contributed by atoms with Crippen LogP contribution in [0.25, 0.3) is 0 Å². The number of nitrogens with one attached hydrogen (secondary N) is 1. The first kappa shape index (κ1) is 18.3. The highest BCUT2D eigenvalue weighted by Crippen LogP contribution is 2.21. The van der Waals surface area contributed by atoms with Crippen molar-refractivity contribution in [3.05, 3.63) is 46.4 Å². The molecule has 1 unspecified atom stereocenters. The summed E-state index contributed by atoms with van der Waals surface area (Å²) in [6.45, 7) is 4.75. The third-order valence-corrected chi connectivity index (χ3v) is 4.61. The summed E-state index contributed by atoms with van der Waals surface area (Å²) in [7, 11) is 0. The van der Waals surface area contributed by atoms with E-state index in [1.165, 1.54) is 11.8 Å². The number of ether oxygens (including phenoxy) is 1. The topological polar surface area (TPSA) is 77.0 Å². The van der Waals surface area contributed by atoms with Crippen LogP contribution in [0.15, 0.2) is 40.3 Å². The lowest BCUT2D eigenvalue weighted by molar-refractivity contribution is -0.142. The maximum Gasteiger partial charge on any atom is 0.343 e. The maximum absolute atomic E-state index is 12.0. The zero-order chi connectivity index (χ0) is 17.4. The van der Waals surface area contributed by atoms with Crippen LogP contribution in [-0.2, 0) is 22.5 Å². The Hall–Kier alpha value is -2.02. The Morgan fingerprint density at radius 1 is 1.38 bits per heavy atom. The number of benzene rings is 1. The van der Waals surface area contributed by atoms with E-state index in [-0.39, 0.29) is 11.7 Å². The first-order valence-electron chi connectivity index (χ1n) is 8.14. The Kier molecular flexibility index (Phi) is 7.11. The summed E-state index contributed by atoms with van der Waals surface area (Å²) in [5.74, 6) is -0.279. The van der Waals surface area contributed by atoms with Gasteiger partial charge in [-0.3, -0.25) is 9.36 Å². The fourth-order valence-corrected chi connectivity index (χ4v) is 3.00. The highest BCUT2D eigenvalue weighted by Gasteiger charge is 2.20. The lowest BCUT2D eigenvalue weighted by Crippen LogP contribution is -2.21. The molecule has 7 heteroatoms. The molecule has 1 N–H and O–H groups in total. The Balaban J connectivity index is 1.96. The van der Waals surface area contributed by atoms with Crippen LogP contribution in [0.1, 0.15) is 32.3 Å². The summed E-state index contributed by atoms with van der Waals surface area (Å²) < 4.78 is 6.77. The second-order valence-corrected chi connectivity index (χ2v) is 6.79. The quantitative estimate of drug-likeness (QED) is 0.428. The van der Waals surface area contributed by atoms with E-state index in [0.717, 1.165) is 24.8 Å². The van der Waals surface area contributed by atoms with Crippen molar-refractivity contribution in [2.45, 2.75) is 50.1 Å². The number of carbonyl (C=O) groups excluding carboxylic acids is 1. The summed E-state index contributed by atoms with van der Waals surface area (Å²) >= 11 is 1.24. The second-order valence-electron chi connectivity index (χ2n) is 5.48. The number of rotatable bonds is 9. The average molecular weight is 349 g/mol. The standard InChI is InChI=1S/C17H23N3O3S/c1-3-4-12-23-15(21)13(2)24-17-19-18-16(22)20(17)11-10-14-8-6-5-7-9-14/h5-9,13H,3-4,10-12H2,1-2H3,(H,18,22). The number of hydrogen-bond donors (Lipinski definition) is 1. The lowest BCUT2D eigenvalue weighted by atomic mass is 10.1. The van der Waals surface area contributed by atoms with Gasteiger partial charge in [-0.25, -0.2) is 9.89 Å². The summed E-state index contributed by atoms with van der Waals surface area (Å²) in [4.78, 5) is 23.9. The predicted octanol–water partition coefficient (Wildman–Crippen LogP) is 2.64. The van der Waals surface area contributed by atoms with Crippen LogP contribution in [0.4, 0.5) is 0 Å². The van der Waals surface area contributed by atoms with Gasteiger partial charge in [-0.1, -0.05) is 55.4 Å². The molecule has 0 spiro atoms. The third-order valence-electron chi connectivity index (χ3n) is 3.55. The number of nitrogens with zero attached hydrogens (tertiary/aromatic N) is 2. The van der Waals surface area contributed by atoms with Gasteiger partial charge in [0.1, 0.15) is 5.25 Å². The molecule has 24 heavy (non-hydrogen) atoms. The molecule has 130 valence electrons. The van der Waals surface area contributed by atoms with Gasteiger partial charge in [-0.15, -0.1) is 5.10 Å². The number of hydrogen-bond acceptors (Lipinski definition) is 5. The number of esters is 1. The molecule has 6 nitrogen and oxygen atoms in total. The minimum absolute atomic E-state index is 0.264. The summed E-state index contributed by atoms with van der Waals surface area (Å²) in [5.41, 5.74) is 0.883. The number of carbonyl (C=O) groups is 1. The van der Waals surface area contributed by atoms with Crippen LogP contribution in [0.2, 0.25) is 0 Å². The molecule has 0 amide bonds. The number of thioether (sulfide) groups is 1. The Morgan fingerprint density at radius 3 is 2.83 bits per heavy atom. The molecular weight excluding hydrogens is 326 g/mol. The van der Waals surface area contributed by atoms with Gasteiger partial charge in [-0.2, -0.15) is 0 Å². The zero-order valence-corrected chi connectivity index (χ0v) is 14.8. The maximum atomic E-state index is 12.0. The molecule has 1 heterocycles. The first-order valence-corrected chi connectivity index (χ1v) is 9.02. The van der Waals surface area contributed by atoms with Gasteiger partial charge in [0, 0.05) is 6.54 Å². The molecule has 0 saturated heterocycles. The van der Waals surface area contributed by atoms with Crippen LogP contribution >= 0.6 is 11.8 Å². The van der Waals surface area contributed by atoms with E-state index in [9.17, 15) is 9.59 Å². The van der Waals surface area contributed by atoms with Crippen molar-refractivity contribution in [1.82, 2.24) is 14.8 Å². The molecule has 0 saturated carbocycles. The van der Waals surface area contributed by atoms with E-state index < -0.39 is 5.25 Å². The van der Waals surface area contributed by atoms with Crippen LogP contribution in [0, 0.1) is 0 Å². The lowest BCUT2D eigenvalue weighted by Gasteiger charge is -2.11. The smallest absolute Gasteiger partial charge is 0.343 e. The van der Waals surface area contributed by atoms with Crippen molar-refractivity contribution >= 4 is 17.7 Å². The number of H-pyrrole nitrogens is 1.